The Hall–Kier alpha value is -0.380. The summed E-state index contributed by atoms with van der Waals surface area (Å²) in [5.74, 6) is 0. The molecular weight excluding hydrogens is 312 g/mol. The molecule has 0 aromatic heterocycles. The van der Waals surface area contributed by atoms with Crippen LogP contribution in [-0.2, 0) is 12.8 Å². The molecule has 112 valence electrons. The van der Waals surface area contributed by atoms with Crippen molar-refractivity contribution in [2.24, 2.45) is 5.41 Å². The van der Waals surface area contributed by atoms with E-state index >= 15 is 0 Å². The van der Waals surface area contributed by atoms with E-state index in [1.165, 1.54) is 34.9 Å². The van der Waals surface area contributed by atoms with Gasteiger partial charge in [-0.1, -0.05) is 35.8 Å². The van der Waals surface area contributed by atoms with E-state index < -0.39 is 0 Å². The summed E-state index contributed by atoms with van der Waals surface area (Å²) in [7, 11) is 4.30. The molecule has 0 saturated heterocycles. The Balaban J connectivity index is 1.89. The summed E-state index contributed by atoms with van der Waals surface area (Å²) >= 11 is 3.56. The third kappa shape index (κ3) is 4.57. The van der Waals surface area contributed by atoms with Gasteiger partial charge in [-0.2, -0.15) is 0 Å². The van der Waals surface area contributed by atoms with Gasteiger partial charge in [0.2, 0.25) is 0 Å². The highest BCUT2D eigenvalue weighted by Crippen LogP contribution is 2.25. The Morgan fingerprint density at radius 1 is 1.30 bits per heavy atom. The highest BCUT2D eigenvalue weighted by Gasteiger charge is 2.23. The first-order valence-electron chi connectivity index (χ1n) is 7.51. The molecule has 1 aromatic carbocycles. The van der Waals surface area contributed by atoms with Crippen molar-refractivity contribution in [2.45, 2.75) is 39.2 Å². The second kappa shape index (κ2) is 6.59. The van der Waals surface area contributed by atoms with Crippen LogP contribution in [0.25, 0.3) is 0 Å². The molecule has 2 rings (SSSR count). The molecule has 0 bridgehead atoms. The molecule has 1 aliphatic rings. The predicted octanol–water partition coefficient (Wildman–Crippen LogP) is 3.48. The van der Waals surface area contributed by atoms with E-state index in [4.69, 9.17) is 0 Å². The lowest BCUT2D eigenvalue weighted by molar-refractivity contribution is 0.222. The molecule has 1 unspecified atom stereocenters. The number of benzene rings is 1. The van der Waals surface area contributed by atoms with Gasteiger partial charge in [-0.25, -0.2) is 0 Å². The molecule has 0 heterocycles. The minimum atomic E-state index is 0.323. The Kier molecular flexibility index (Phi) is 5.27. The van der Waals surface area contributed by atoms with Crippen molar-refractivity contribution >= 4 is 15.9 Å². The van der Waals surface area contributed by atoms with Crippen molar-refractivity contribution in [3.05, 3.63) is 33.8 Å². The number of rotatable bonds is 5. The molecule has 2 nitrogen and oxygen atoms in total. The van der Waals surface area contributed by atoms with E-state index in [-0.39, 0.29) is 0 Å². The third-order valence-electron chi connectivity index (χ3n) is 4.01. The van der Waals surface area contributed by atoms with Crippen molar-refractivity contribution < 1.29 is 0 Å². The van der Waals surface area contributed by atoms with Gasteiger partial charge in [-0.05, 0) is 62.0 Å². The van der Waals surface area contributed by atoms with E-state index in [1.54, 1.807) is 0 Å². The quantitative estimate of drug-likeness (QED) is 0.884. The maximum atomic E-state index is 3.78. The van der Waals surface area contributed by atoms with E-state index in [0.29, 0.717) is 11.5 Å². The highest BCUT2D eigenvalue weighted by atomic mass is 79.9. The lowest BCUT2D eigenvalue weighted by atomic mass is 9.87. The lowest BCUT2D eigenvalue weighted by Gasteiger charge is -2.32. The summed E-state index contributed by atoms with van der Waals surface area (Å²) in [6.45, 7) is 6.89. The van der Waals surface area contributed by atoms with Crippen LogP contribution in [0.15, 0.2) is 22.7 Å². The van der Waals surface area contributed by atoms with E-state index in [0.717, 1.165) is 13.1 Å². The zero-order valence-electron chi connectivity index (χ0n) is 13.2. The minimum Gasteiger partial charge on any atom is -0.313 e. The third-order valence-corrected chi connectivity index (χ3v) is 4.50. The van der Waals surface area contributed by atoms with Crippen molar-refractivity contribution in [1.29, 1.82) is 0 Å². The maximum Gasteiger partial charge on any atom is 0.0178 e. The second-order valence-electron chi connectivity index (χ2n) is 7.14. The van der Waals surface area contributed by atoms with Gasteiger partial charge >= 0.3 is 0 Å². The standard InChI is InChI=1S/C17H27BrN2/c1-17(2,12-20(3)4)11-19-16-8-6-13-9-15(18)7-5-14(13)10-16/h5,7,9,16,19H,6,8,10-12H2,1-4H3. The molecule has 20 heavy (non-hydrogen) atoms. The second-order valence-corrected chi connectivity index (χ2v) is 8.05. The first-order chi connectivity index (χ1) is 9.35. The van der Waals surface area contributed by atoms with Gasteiger partial charge in [-0.3, -0.25) is 0 Å². The summed E-state index contributed by atoms with van der Waals surface area (Å²) in [5, 5.41) is 3.78. The number of hydrogen-bond donors (Lipinski definition) is 1. The average molecular weight is 339 g/mol. The Morgan fingerprint density at radius 2 is 2.05 bits per heavy atom. The molecule has 3 heteroatoms. The van der Waals surface area contributed by atoms with Gasteiger partial charge in [0.1, 0.15) is 0 Å². The van der Waals surface area contributed by atoms with Crippen LogP contribution in [0, 0.1) is 5.41 Å². The van der Waals surface area contributed by atoms with E-state index in [2.05, 4.69) is 72.3 Å². The van der Waals surface area contributed by atoms with Crippen LogP contribution in [-0.4, -0.2) is 38.1 Å². The molecule has 0 fully saturated rings. The van der Waals surface area contributed by atoms with Gasteiger partial charge in [-0.15, -0.1) is 0 Å². The number of halogens is 1. The maximum absolute atomic E-state index is 3.78. The number of hydrogen-bond acceptors (Lipinski definition) is 2. The smallest absolute Gasteiger partial charge is 0.0178 e. The Labute approximate surface area is 132 Å². The normalized spacial score (nSPS) is 19.2. The molecule has 1 aromatic rings. The zero-order chi connectivity index (χ0) is 14.8. The van der Waals surface area contributed by atoms with Gasteiger partial charge in [0.15, 0.2) is 0 Å². The fraction of sp³-hybridized carbons (Fsp3) is 0.647. The van der Waals surface area contributed by atoms with Crippen molar-refractivity contribution in [3.8, 4) is 0 Å². The summed E-state index contributed by atoms with van der Waals surface area (Å²) in [6.07, 6.45) is 3.61. The van der Waals surface area contributed by atoms with Crippen LogP contribution in [0.2, 0.25) is 0 Å². The highest BCUT2D eigenvalue weighted by molar-refractivity contribution is 9.10. The first-order valence-corrected chi connectivity index (χ1v) is 8.30. The van der Waals surface area contributed by atoms with Crippen molar-refractivity contribution in [1.82, 2.24) is 10.2 Å². The van der Waals surface area contributed by atoms with Gasteiger partial charge in [0.25, 0.3) is 0 Å². The fourth-order valence-electron chi connectivity index (χ4n) is 3.23. The summed E-state index contributed by atoms with van der Waals surface area (Å²) in [5.41, 5.74) is 3.36. The summed E-state index contributed by atoms with van der Waals surface area (Å²) in [6, 6.07) is 7.35. The summed E-state index contributed by atoms with van der Waals surface area (Å²) in [4.78, 5) is 2.27. The zero-order valence-corrected chi connectivity index (χ0v) is 14.8. The van der Waals surface area contributed by atoms with Crippen LogP contribution < -0.4 is 5.32 Å². The molecule has 1 aliphatic carbocycles. The Morgan fingerprint density at radius 3 is 2.75 bits per heavy atom. The molecular formula is C17H27BrN2. The minimum absolute atomic E-state index is 0.323. The van der Waals surface area contributed by atoms with Crippen LogP contribution >= 0.6 is 15.9 Å². The van der Waals surface area contributed by atoms with Crippen molar-refractivity contribution in [2.75, 3.05) is 27.2 Å². The van der Waals surface area contributed by atoms with E-state index in [9.17, 15) is 0 Å². The van der Waals surface area contributed by atoms with Crippen LogP contribution in [0.1, 0.15) is 31.4 Å². The number of nitrogens with one attached hydrogen (secondary N) is 1. The lowest BCUT2D eigenvalue weighted by Crippen LogP contribution is -2.43. The Bertz CT molecular complexity index is 454. The number of fused-ring (bicyclic) bond motifs is 1. The summed E-state index contributed by atoms with van der Waals surface area (Å²) < 4.78 is 1.20. The van der Waals surface area contributed by atoms with Gasteiger partial charge < -0.3 is 10.2 Å². The monoisotopic (exact) mass is 338 g/mol. The molecule has 0 aliphatic heterocycles. The van der Waals surface area contributed by atoms with Crippen LogP contribution in [0.5, 0.6) is 0 Å². The fourth-order valence-corrected chi connectivity index (χ4v) is 3.64. The molecule has 0 saturated carbocycles. The molecule has 1 atom stereocenters. The molecule has 1 N–H and O–H groups in total. The first kappa shape index (κ1) is 16.0. The van der Waals surface area contributed by atoms with Crippen LogP contribution in [0.4, 0.5) is 0 Å². The average Bonchev–Trinajstić information content (AvgIpc) is 2.35. The van der Waals surface area contributed by atoms with E-state index in [1.807, 2.05) is 0 Å². The van der Waals surface area contributed by atoms with Gasteiger partial charge in [0, 0.05) is 23.6 Å². The predicted molar refractivity (Wildman–Crippen MR) is 90.3 cm³/mol. The van der Waals surface area contributed by atoms with Gasteiger partial charge in [0.05, 0.1) is 0 Å². The number of aryl methyl sites for hydroxylation is 1. The van der Waals surface area contributed by atoms with Crippen LogP contribution in [0.3, 0.4) is 0 Å². The largest absolute Gasteiger partial charge is 0.313 e. The number of nitrogens with zero attached hydrogens (tertiary/aromatic N) is 1. The molecule has 0 spiro atoms. The topological polar surface area (TPSA) is 15.3 Å². The van der Waals surface area contributed by atoms with Crippen molar-refractivity contribution in [3.63, 3.8) is 0 Å². The molecule has 0 amide bonds. The SMILES string of the molecule is CN(C)CC(C)(C)CNC1CCc2cc(Br)ccc2C1. The molecule has 0 radical (unpaired) electrons.